The normalized spacial score (nSPS) is 27.4. The highest BCUT2D eigenvalue weighted by molar-refractivity contribution is 5.57. The van der Waals surface area contributed by atoms with Crippen LogP contribution in [0, 0.1) is 17.5 Å². The molecule has 4 atom stereocenters. The average molecular weight is 345 g/mol. The lowest BCUT2D eigenvalue weighted by Crippen LogP contribution is -2.51. The molecule has 1 aliphatic rings. The largest absolute Gasteiger partial charge is 0.394 e. The van der Waals surface area contributed by atoms with Crippen molar-refractivity contribution >= 4 is 0 Å². The minimum Gasteiger partial charge on any atom is -0.394 e. The van der Waals surface area contributed by atoms with Crippen molar-refractivity contribution in [3.05, 3.63) is 35.8 Å². The lowest BCUT2D eigenvalue weighted by molar-refractivity contribution is -0.166. The minimum atomic E-state index is -1.59. The van der Waals surface area contributed by atoms with Gasteiger partial charge in [-0.15, -0.1) is 5.10 Å². The molecule has 3 rings (SSSR count). The number of halogens is 3. The fourth-order valence-electron chi connectivity index (χ4n) is 2.62. The van der Waals surface area contributed by atoms with Gasteiger partial charge in [0, 0.05) is 5.56 Å². The molecular formula is C14H14F3N3O4. The summed E-state index contributed by atoms with van der Waals surface area (Å²) in [6.45, 7) is -0.595. The Kier molecular flexibility index (Phi) is 4.54. The van der Waals surface area contributed by atoms with Gasteiger partial charge in [-0.25, -0.2) is 17.9 Å². The van der Waals surface area contributed by atoms with Crippen LogP contribution in [-0.2, 0) is 4.74 Å². The second kappa shape index (κ2) is 6.48. The molecule has 0 spiro atoms. The highest BCUT2D eigenvalue weighted by Gasteiger charge is 2.40. The third-order valence-corrected chi connectivity index (χ3v) is 3.88. The topological polar surface area (TPSA) is 101 Å². The fraction of sp³-hybridized carbons (Fsp3) is 0.429. The van der Waals surface area contributed by atoms with Gasteiger partial charge >= 0.3 is 0 Å². The standard InChI is InChI=1S/C14H14F3N3O4/c15-7-1-6(2-8(16)12(7)17)9-3-20(19-18-9)13-10(22)5-24-11(4-21)14(13)23/h1-3,10-11,13-14,21-23H,4-5H2. The summed E-state index contributed by atoms with van der Waals surface area (Å²) < 4.78 is 45.8. The Morgan fingerprint density at radius 3 is 2.50 bits per heavy atom. The molecule has 4 unspecified atom stereocenters. The zero-order valence-corrected chi connectivity index (χ0v) is 12.2. The number of aromatic nitrogens is 3. The zero-order valence-electron chi connectivity index (χ0n) is 12.2. The Morgan fingerprint density at radius 1 is 1.21 bits per heavy atom. The zero-order chi connectivity index (χ0) is 17.4. The Morgan fingerprint density at radius 2 is 1.88 bits per heavy atom. The molecule has 0 radical (unpaired) electrons. The van der Waals surface area contributed by atoms with Crippen molar-refractivity contribution in [2.75, 3.05) is 13.2 Å². The number of aliphatic hydroxyl groups is 3. The molecule has 2 aromatic rings. The van der Waals surface area contributed by atoms with E-state index in [9.17, 15) is 23.4 Å². The molecule has 0 amide bonds. The Balaban J connectivity index is 1.93. The van der Waals surface area contributed by atoms with Gasteiger partial charge in [0.2, 0.25) is 0 Å². The third kappa shape index (κ3) is 2.88. The Hall–Kier alpha value is -2.01. The Bertz CT molecular complexity index is 719. The molecule has 1 saturated heterocycles. The number of rotatable bonds is 3. The van der Waals surface area contributed by atoms with E-state index in [0.717, 1.165) is 16.8 Å². The van der Waals surface area contributed by atoms with Gasteiger partial charge in [-0.2, -0.15) is 0 Å². The summed E-state index contributed by atoms with van der Waals surface area (Å²) in [7, 11) is 0. The van der Waals surface area contributed by atoms with E-state index in [2.05, 4.69) is 10.3 Å². The maximum Gasteiger partial charge on any atom is 0.194 e. The van der Waals surface area contributed by atoms with Crippen LogP contribution in [0.4, 0.5) is 13.2 Å². The maximum atomic E-state index is 13.3. The lowest BCUT2D eigenvalue weighted by atomic mass is 9.97. The summed E-state index contributed by atoms with van der Waals surface area (Å²) in [6.07, 6.45) is -2.05. The maximum absolute atomic E-state index is 13.3. The summed E-state index contributed by atoms with van der Waals surface area (Å²) in [5, 5.41) is 36.8. The molecule has 1 fully saturated rings. The van der Waals surface area contributed by atoms with Gasteiger partial charge in [0.25, 0.3) is 0 Å². The van der Waals surface area contributed by atoms with E-state index in [-0.39, 0.29) is 17.9 Å². The van der Waals surface area contributed by atoms with Gasteiger partial charge < -0.3 is 20.1 Å². The molecule has 0 aliphatic carbocycles. The summed E-state index contributed by atoms with van der Waals surface area (Å²) >= 11 is 0. The first-order chi connectivity index (χ1) is 11.4. The molecule has 0 saturated carbocycles. The van der Waals surface area contributed by atoms with E-state index >= 15 is 0 Å². The van der Waals surface area contributed by atoms with Crippen molar-refractivity contribution in [2.45, 2.75) is 24.4 Å². The smallest absolute Gasteiger partial charge is 0.194 e. The lowest BCUT2D eigenvalue weighted by Gasteiger charge is -2.36. The second-order valence-electron chi connectivity index (χ2n) is 5.44. The van der Waals surface area contributed by atoms with E-state index in [1.165, 1.54) is 6.20 Å². The van der Waals surface area contributed by atoms with Crippen LogP contribution in [0.2, 0.25) is 0 Å². The molecule has 1 aliphatic heterocycles. The van der Waals surface area contributed by atoms with Crippen molar-refractivity contribution in [3.8, 4) is 11.3 Å². The van der Waals surface area contributed by atoms with E-state index < -0.39 is 48.4 Å². The molecular weight excluding hydrogens is 331 g/mol. The van der Waals surface area contributed by atoms with Crippen LogP contribution in [0.3, 0.4) is 0 Å². The Labute approximate surface area is 133 Å². The summed E-state index contributed by atoms with van der Waals surface area (Å²) in [5.74, 6) is -4.33. The SMILES string of the molecule is OCC1OCC(O)C(n2cc(-c3cc(F)c(F)c(F)c3)nn2)C1O. The first-order valence-electron chi connectivity index (χ1n) is 7.07. The predicted molar refractivity (Wildman–Crippen MR) is 73.2 cm³/mol. The van der Waals surface area contributed by atoms with Crippen molar-refractivity contribution in [3.63, 3.8) is 0 Å². The van der Waals surface area contributed by atoms with Crippen molar-refractivity contribution in [1.29, 1.82) is 0 Å². The first kappa shape index (κ1) is 16.8. The quantitative estimate of drug-likeness (QED) is 0.678. The number of aliphatic hydroxyl groups excluding tert-OH is 3. The number of benzene rings is 1. The van der Waals surface area contributed by atoms with E-state index in [1.807, 2.05) is 0 Å². The van der Waals surface area contributed by atoms with Crippen LogP contribution in [0.25, 0.3) is 11.3 Å². The van der Waals surface area contributed by atoms with Gasteiger partial charge in [0.1, 0.15) is 30.0 Å². The molecule has 1 aromatic carbocycles. The van der Waals surface area contributed by atoms with Gasteiger partial charge in [-0.05, 0) is 12.1 Å². The number of hydrogen-bond acceptors (Lipinski definition) is 6. The van der Waals surface area contributed by atoms with Crippen LogP contribution >= 0.6 is 0 Å². The summed E-state index contributed by atoms with van der Waals surface area (Å²) in [5.41, 5.74) is -0.0216. The van der Waals surface area contributed by atoms with Crippen molar-refractivity contribution < 1.29 is 33.2 Å². The number of hydrogen-bond donors (Lipinski definition) is 3. The van der Waals surface area contributed by atoms with E-state index in [4.69, 9.17) is 9.84 Å². The predicted octanol–water partition coefficient (Wildman–Crippen LogP) is 0.0164. The van der Waals surface area contributed by atoms with Gasteiger partial charge in [-0.3, -0.25) is 0 Å². The van der Waals surface area contributed by atoms with Crippen molar-refractivity contribution in [1.82, 2.24) is 15.0 Å². The molecule has 1 aromatic heterocycles. The highest BCUT2D eigenvalue weighted by Crippen LogP contribution is 2.28. The molecule has 10 heteroatoms. The molecule has 7 nitrogen and oxygen atoms in total. The van der Waals surface area contributed by atoms with Gasteiger partial charge in [0.05, 0.1) is 19.4 Å². The van der Waals surface area contributed by atoms with Crippen LogP contribution < -0.4 is 0 Å². The van der Waals surface area contributed by atoms with E-state index in [0.29, 0.717) is 0 Å². The molecule has 2 heterocycles. The molecule has 3 N–H and O–H groups in total. The van der Waals surface area contributed by atoms with Crippen molar-refractivity contribution in [2.24, 2.45) is 0 Å². The molecule has 0 bridgehead atoms. The molecule has 24 heavy (non-hydrogen) atoms. The fourth-order valence-corrected chi connectivity index (χ4v) is 2.62. The van der Waals surface area contributed by atoms with Gasteiger partial charge in [-0.1, -0.05) is 5.21 Å². The average Bonchev–Trinajstić information content (AvgIpc) is 3.02. The third-order valence-electron chi connectivity index (χ3n) is 3.88. The first-order valence-corrected chi connectivity index (χ1v) is 7.07. The van der Waals surface area contributed by atoms with Crippen LogP contribution in [-0.4, -0.2) is 61.8 Å². The summed E-state index contributed by atoms with van der Waals surface area (Å²) in [4.78, 5) is 0. The number of ether oxygens (including phenoxy) is 1. The summed E-state index contributed by atoms with van der Waals surface area (Å²) in [6, 6.07) is 0.563. The minimum absolute atomic E-state index is 0.0271. The van der Waals surface area contributed by atoms with E-state index in [1.54, 1.807) is 0 Å². The van der Waals surface area contributed by atoms with Crippen LogP contribution in [0.5, 0.6) is 0 Å². The van der Waals surface area contributed by atoms with Crippen LogP contribution in [0.15, 0.2) is 18.3 Å². The highest BCUT2D eigenvalue weighted by atomic mass is 19.2. The molecule has 130 valence electrons. The number of nitrogens with zero attached hydrogens (tertiary/aromatic N) is 3. The van der Waals surface area contributed by atoms with Gasteiger partial charge in [0.15, 0.2) is 17.5 Å². The monoisotopic (exact) mass is 345 g/mol. The second-order valence-corrected chi connectivity index (χ2v) is 5.44. The van der Waals surface area contributed by atoms with Crippen LogP contribution in [0.1, 0.15) is 6.04 Å².